The lowest BCUT2D eigenvalue weighted by atomic mass is 10.1. The molecule has 2 aromatic rings. The fraction of sp³-hybridized carbons (Fsp3) is 0.267. The van der Waals surface area contributed by atoms with E-state index in [9.17, 15) is 0 Å². The predicted octanol–water partition coefficient (Wildman–Crippen LogP) is 3.54. The van der Waals surface area contributed by atoms with Gasteiger partial charge in [0.25, 0.3) is 0 Å². The fourth-order valence-corrected chi connectivity index (χ4v) is 1.70. The molecule has 1 heterocycles. The first-order chi connectivity index (χ1) is 7.78. The molecule has 0 aliphatic heterocycles. The average molecular weight is 211 g/mol. The Morgan fingerprint density at radius 1 is 0.938 bits per heavy atom. The molecule has 0 bridgehead atoms. The van der Waals surface area contributed by atoms with Crippen LogP contribution in [0.1, 0.15) is 29.3 Å². The van der Waals surface area contributed by atoms with E-state index in [4.69, 9.17) is 0 Å². The summed E-state index contributed by atoms with van der Waals surface area (Å²) in [6.07, 6.45) is 3.95. The molecule has 0 unspecified atom stereocenters. The van der Waals surface area contributed by atoms with Crippen molar-refractivity contribution in [1.29, 1.82) is 0 Å². The van der Waals surface area contributed by atoms with E-state index < -0.39 is 0 Å². The van der Waals surface area contributed by atoms with Crippen molar-refractivity contribution in [2.24, 2.45) is 0 Å². The Kier molecular flexibility index (Phi) is 3.35. The monoisotopic (exact) mass is 211 g/mol. The second-order valence-electron chi connectivity index (χ2n) is 4.17. The summed E-state index contributed by atoms with van der Waals surface area (Å²) < 4.78 is 0. The van der Waals surface area contributed by atoms with Crippen LogP contribution in [0.2, 0.25) is 0 Å². The van der Waals surface area contributed by atoms with Gasteiger partial charge in [0.1, 0.15) is 0 Å². The van der Waals surface area contributed by atoms with Gasteiger partial charge in [0.05, 0.1) is 0 Å². The third-order valence-corrected chi connectivity index (χ3v) is 2.79. The van der Waals surface area contributed by atoms with Crippen LogP contribution in [0.4, 0.5) is 0 Å². The van der Waals surface area contributed by atoms with E-state index in [0.29, 0.717) is 0 Å². The van der Waals surface area contributed by atoms with Crippen molar-refractivity contribution < 1.29 is 0 Å². The number of nitrogens with zero attached hydrogens (tertiary/aromatic N) is 1. The van der Waals surface area contributed by atoms with Gasteiger partial charge in [-0.2, -0.15) is 0 Å². The molecule has 0 saturated heterocycles. The summed E-state index contributed by atoms with van der Waals surface area (Å²) in [5.74, 6) is 0. The first kappa shape index (κ1) is 10.9. The number of benzene rings is 1. The summed E-state index contributed by atoms with van der Waals surface area (Å²) in [7, 11) is 0. The minimum atomic E-state index is 0.921. The van der Waals surface area contributed by atoms with E-state index in [0.717, 1.165) is 18.5 Å². The molecule has 0 N–H and O–H groups in total. The third kappa shape index (κ3) is 2.69. The van der Waals surface area contributed by atoms with Crippen molar-refractivity contribution in [1.82, 2.24) is 4.98 Å². The number of rotatable bonds is 3. The molecular weight excluding hydrogens is 194 g/mol. The quantitative estimate of drug-likeness (QED) is 0.756. The molecule has 0 fully saturated rings. The van der Waals surface area contributed by atoms with Crippen LogP contribution in [-0.4, -0.2) is 4.98 Å². The van der Waals surface area contributed by atoms with Gasteiger partial charge in [-0.25, -0.2) is 0 Å². The molecule has 1 aromatic carbocycles. The van der Waals surface area contributed by atoms with E-state index in [1.54, 1.807) is 0 Å². The highest BCUT2D eigenvalue weighted by Gasteiger charge is 1.97. The molecule has 1 nitrogen and oxygen atoms in total. The van der Waals surface area contributed by atoms with Gasteiger partial charge in [0.15, 0.2) is 0 Å². The summed E-state index contributed by atoms with van der Waals surface area (Å²) in [5, 5.41) is 0. The topological polar surface area (TPSA) is 12.9 Å². The molecule has 0 atom stereocenters. The molecule has 0 aliphatic carbocycles. The van der Waals surface area contributed by atoms with Gasteiger partial charge in [-0.1, -0.05) is 37.3 Å². The molecule has 1 heteroatoms. The smallest absolute Gasteiger partial charge is 0.0447 e. The van der Waals surface area contributed by atoms with Crippen LogP contribution in [0.5, 0.6) is 0 Å². The molecule has 0 spiro atoms. The first-order valence-corrected chi connectivity index (χ1v) is 5.77. The van der Waals surface area contributed by atoms with Crippen LogP contribution >= 0.6 is 0 Å². The molecule has 2 rings (SSSR count). The Morgan fingerprint density at radius 3 is 2.19 bits per heavy atom. The fourth-order valence-electron chi connectivity index (χ4n) is 1.70. The molecule has 16 heavy (non-hydrogen) atoms. The number of aryl methyl sites for hydroxylation is 2. The summed E-state index contributed by atoms with van der Waals surface area (Å²) in [6.45, 7) is 4.24. The lowest BCUT2D eigenvalue weighted by Crippen LogP contribution is -1.92. The summed E-state index contributed by atoms with van der Waals surface area (Å²) in [6, 6.07) is 13.0. The van der Waals surface area contributed by atoms with E-state index in [1.807, 2.05) is 6.20 Å². The minimum absolute atomic E-state index is 0.921. The van der Waals surface area contributed by atoms with Crippen LogP contribution in [0.3, 0.4) is 0 Å². The number of hydrogen-bond acceptors (Lipinski definition) is 1. The molecule has 0 radical (unpaired) electrons. The highest BCUT2D eigenvalue weighted by Crippen LogP contribution is 2.10. The van der Waals surface area contributed by atoms with Gasteiger partial charge < -0.3 is 0 Å². The van der Waals surface area contributed by atoms with Crippen LogP contribution in [0, 0.1) is 6.92 Å². The standard InChI is InChI=1S/C15H17N/c1-3-13-5-7-14(8-6-13)10-15-9-4-12(2)11-16-15/h4-9,11H,3,10H2,1-2H3. The Hall–Kier alpha value is -1.63. The van der Waals surface area contributed by atoms with Crippen molar-refractivity contribution in [2.45, 2.75) is 26.7 Å². The van der Waals surface area contributed by atoms with Crippen molar-refractivity contribution >= 4 is 0 Å². The van der Waals surface area contributed by atoms with E-state index >= 15 is 0 Å². The zero-order valence-corrected chi connectivity index (χ0v) is 9.90. The second-order valence-corrected chi connectivity index (χ2v) is 4.17. The van der Waals surface area contributed by atoms with Gasteiger partial charge in [-0.15, -0.1) is 0 Å². The highest BCUT2D eigenvalue weighted by atomic mass is 14.7. The van der Waals surface area contributed by atoms with Gasteiger partial charge in [-0.05, 0) is 36.1 Å². The predicted molar refractivity (Wildman–Crippen MR) is 67.6 cm³/mol. The number of pyridine rings is 1. The molecular formula is C15H17N. The minimum Gasteiger partial charge on any atom is -0.261 e. The van der Waals surface area contributed by atoms with Crippen molar-refractivity contribution in [3.63, 3.8) is 0 Å². The molecule has 0 aliphatic rings. The Bertz CT molecular complexity index is 440. The van der Waals surface area contributed by atoms with Crippen molar-refractivity contribution in [3.8, 4) is 0 Å². The van der Waals surface area contributed by atoms with Crippen LogP contribution in [0.15, 0.2) is 42.6 Å². The Balaban J connectivity index is 2.11. The first-order valence-electron chi connectivity index (χ1n) is 5.77. The van der Waals surface area contributed by atoms with Crippen molar-refractivity contribution in [2.75, 3.05) is 0 Å². The number of aromatic nitrogens is 1. The second kappa shape index (κ2) is 4.93. The number of hydrogen-bond donors (Lipinski definition) is 0. The maximum atomic E-state index is 4.42. The van der Waals surface area contributed by atoms with E-state index in [-0.39, 0.29) is 0 Å². The van der Waals surface area contributed by atoms with Gasteiger partial charge in [0.2, 0.25) is 0 Å². The zero-order valence-electron chi connectivity index (χ0n) is 9.90. The maximum Gasteiger partial charge on any atom is 0.0447 e. The highest BCUT2D eigenvalue weighted by molar-refractivity contribution is 5.26. The maximum absolute atomic E-state index is 4.42. The third-order valence-electron chi connectivity index (χ3n) is 2.79. The van der Waals surface area contributed by atoms with Crippen LogP contribution in [-0.2, 0) is 12.8 Å². The van der Waals surface area contributed by atoms with Gasteiger partial charge in [0, 0.05) is 18.3 Å². The summed E-state index contributed by atoms with van der Waals surface area (Å²) in [4.78, 5) is 4.42. The lowest BCUT2D eigenvalue weighted by molar-refractivity contribution is 1.05. The average Bonchev–Trinajstić information content (AvgIpc) is 2.33. The lowest BCUT2D eigenvalue weighted by Gasteiger charge is -2.03. The SMILES string of the molecule is CCc1ccc(Cc2ccc(C)cn2)cc1. The molecule has 0 amide bonds. The normalized spacial score (nSPS) is 10.4. The summed E-state index contributed by atoms with van der Waals surface area (Å²) in [5.41, 5.74) is 5.06. The van der Waals surface area contributed by atoms with Crippen LogP contribution < -0.4 is 0 Å². The molecule has 1 aromatic heterocycles. The van der Waals surface area contributed by atoms with Gasteiger partial charge >= 0.3 is 0 Å². The Labute approximate surface area is 97.2 Å². The van der Waals surface area contributed by atoms with Gasteiger partial charge in [-0.3, -0.25) is 4.98 Å². The molecule has 82 valence electrons. The Morgan fingerprint density at radius 2 is 1.62 bits per heavy atom. The largest absolute Gasteiger partial charge is 0.261 e. The van der Waals surface area contributed by atoms with E-state index in [2.05, 4.69) is 55.2 Å². The van der Waals surface area contributed by atoms with Crippen molar-refractivity contribution in [3.05, 3.63) is 65.0 Å². The molecule has 0 saturated carbocycles. The zero-order chi connectivity index (χ0) is 11.4. The van der Waals surface area contributed by atoms with Crippen LogP contribution in [0.25, 0.3) is 0 Å². The summed E-state index contributed by atoms with van der Waals surface area (Å²) >= 11 is 0. The van der Waals surface area contributed by atoms with E-state index in [1.165, 1.54) is 16.7 Å².